The molecule has 0 bridgehead atoms. The maximum Gasteiger partial charge on any atom is 0.105 e. The van der Waals surface area contributed by atoms with E-state index in [-0.39, 0.29) is 17.9 Å². The van der Waals surface area contributed by atoms with E-state index in [9.17, 15) is 0 Å². The van der Waals surface area contributed by atoms with E-state index in [0.717, 1.165) is 38.6 Å². The van der Waals surface area contributed by atoms with Gasteiger partial charge in [0.1, 0.15) is 11.8 Å². The monoisotopic (exact) mass is 514 g/mol. The zero-order valence-electron chi connectivity index (χ0n) is 26.2. The lowest BCUT2D eigenvalue weighted by Crippen LogP contribution is -2.43. The highest BCUT2D eigenvalue weighted by Gasteiger charge is 2.37. The molecule has 0 spiro atoms. The fourth-order valence-electron chi connectivity index (χ4n) is 4.19. The molecule has 0 saturated heterocycles. The molecule has 0 fully saturated rings. The van der Waals surface area contributed by atoms with Gasteiger partial charge < -0.3 is 19.9 Å². The molecule has 3 atom stereocenters. The maximum absolute atomic E-state index is 6.91. The third-order valence-electron chi connectivity index (χ3n) is 6.58. The first-order valence-electron chi connectivity index (χ1n) is 14.2. The second-order valence-electron chi connectivity index (χ2n) is 12.8. The van der Waals surface area contributed by atoms with Crippen molar-refractivity contribution in [3.05, 3.63) is 11.6 Å². The van der Waals surface area contributed by atoms with Crippen LogP contribution in [0.5, 0.6) is 0 Å². The van der Waals surface area contributed by atoms with Gasteiger partial charge in [-0.2, -0.15) is 5.06 Å². The third-order valence-corrected chi connectivity index (χ3v) is 6.58. The van der Waals surface area contributed by atoms with E-state index in [4.69, 9.17) is 24.8 Å². The fourth-order valence-corrected chi connectivity index (χ4v) is 4.19. The molecule has 0 heterocycles. The van der Waals surface area contributed by atoms with Crippen molar-refractivity contribution in [1.82, 2.24) is 5.06 Å². The van der Waals surface area contributed by atoms with Crippen LogP contribution in [0.4, 0.5) is 0 Å². The van der Waals surface area contributed by atoms with Gasteiger partial charge in [0.05, 0.1) is 30.5 Å². The Morgan fingerprint density at radius 2 is 1.39 bits per heavy atom. The summed E-state index contributed by atoms with van der Waals surface area (Å²) in [5.74, 6) is 1.20. The van der Waals surface area contributed by atoms with Gasteiger partial charge in [0.15, 0.2) is 0 Å². The third kappa shape index (κ3) is 16.4. The summed E-state index contributed by atoms with van der Waals surface area (Å²) in [5.41, 5.74) is 5.79. The number of nitrogens with two attached hydrogens (primary N) is 1. The zero-order chi connectivity index (χ0) is 28.2. The summed E-state index contributed by atoms with van der Waals surface area (Å²) in [5, 5.41) is 1.92. The minimum absolute atomic E-state index is 0.216. The highest BCUT2D eigenvalue weighted by atomic mass is 16.7. The van der Waals surface area contributed by atoms with Gasteiger partial charge in [0.25, 0.3) is 0 Å². The summed E-state index contributed by atoms with van der Waals surface area (Å²) in [7, 11) is 2.00. The molecule has 6 nitrogen and oxygen atoms in total. The van der Waals surface area contributed by atoms with Crippen molar-refractivity contribution in [2.45, 2.75) is 144 Å². The quantitative estimate of drug-likeness (QED) is 0.106. The van der Waals surface area contributed by atoms with Gasteiger partial charge in [-0.25, -0.2) is 0 Å². The van der Waals surface area contributed by atoms with Crippen LogP contribution in [0, 0.1) is 11.8 Å². The standard InChI is InChI=1S/C30H62N2O4/c1-23(2)14-16-29(11,36-32(13)19-21-33-25(5)6)22-26(7)30(12,17-15-24(3)4)35-28(9,10)18-20-34-27(8)31/h22-25,27H,14-21,31H2,1-13H3/b26-22+. The van der Waals surface area contributed by atoms with Gasteiger partial charge >= 0.3 is 0 Å². The molecule has 0 aromatic rings. The number of hydrogen-bond acceptors (Lipinski definition) is 6. The summed E-state index contributed by atoms with van der Waals surface area (Å²) in [6, 6.07) is 0. The minimum atomic E-state index is -0.439. The molecule has 6 heteroatoms. The average molecular weight is 515 g/mol. The summed E-state index contributed by atoms with van der Waals surface area (Å²) < 4.78 is 18.3. The van der Waals surface area contributed by atoms with Gasteiger partial charge in [0, 0.05) is 13.6 Å². The van der Waals surface area contributed by atoms with Crippen molar-refractivity contribution >= 4 is 0 Å². The second-order valence-corrected chi connectivity index (χ2v) is 12.8. The summed E-state index contributed by atoms with van der Waals surface area (Å²) in [4.78, 5) is 6.57. The van der Waals surface area contributed by atoms with E-state index >= 15 is 0 Å². The van der Waals surface area contributed by atoms with E-state index in [1.54, 1.807) is 0 Å². The Labute approximate surface area is 224 Å². The van der Waals surface area contributed by atoms with E-state index < -0.39 is 11.2 Å². The average Bonchev–Trinajstić information content (AvgIpc) is 2.69. The summed E-state index contributed by atoms with van der Waals surface area (Å²) in [6.45, 7) is 27.9. The molecule has 0 amide bonds. The lowest BCUT2D eigenvalue weighted by molar-refractivity contribution is -0.218. The van der Waals surface area contributed by atoms with Crippen LogP contribution in [0.25, 0.3) is 0 Å². The van der Waals surface area contributed by atoms with Crippen LogP contribution in [-0.4, -0.2) is 61.0 Å². The largest absolute Gasteiger partial charge is 0.377 e. The SMILES string of the molecule is C/C(=C\C(C)(CCC(C)C)ON(C)CCOC(C)C)C(C)(CCC(C)C)OC(C)(C)CCOC(C)N. The Morgan fingerprint density at radius 3 is 1.89 bits per heavy atom. The molecule has 0 aliphatic heterocycles. The number of likely N-dealkylation sites (N-methyl/N-ethyl adjacent to an activating group) is 1. The van der Waals surface area contributed by atoms with Gasteiger partial charge in [0.2, 0.25) is 0 Å². The molecule has 0 aromatic heterocycles. The Kier molecular flexibility index (Phi) is 16.2. The van der Waals surface area contributed by atoms with Gasteiger partial charge in [-0.15, -0.1) is 0 Å². The minimum Gasteiger partial charge on any atom is -0.377 e. The van der Waals surface area contributed by atoms with Crippen molar-refractivity contribution in [3.63, 3.8) is 0 Å². The van der Waals surface area contributed by atoms with Crippen LogP contribution >= 0.6 is 0 Å². The second kappa shape index (κ2) is 16.5. The Hall–Kier alpha value is -0.500. The zero-order valence-corrected chi connectivity index (χ0v) is 26.2. The van der Waals surface area contributed by atoms with Crippen molar-refractivity contribution in [2.75, 3.05) is 26.8 Å². The highest BCUT2D eigenvalue weighted by Crippen LogP contribution is 2.37. The molecule has 0 aliphatic carbocycles. The van der Waals surface area contributed by atoms with Crippen molar-refractivity contribution in [3.8, 4) is 0 Å². The van der Waals surface area contributed by atoms with Crippen LogP contribution < -0.4 is 5.73 Å². The summed E-state index contributed by atoms with van der Waals surface area (Å²) in [6.07, 6.45) is 7.09. The highest BCUT2D eigenvalue weighted by molar-refractivity contribution is 5.19. The topological polar surface area (TPSA) is 66.2 Å². The number of rotatable bonds is 20. The first kappa shape index (κ1) is 35.5. The molecule has 216 valence electrons. The Balaban J connectivity index is 5.89. The maximum atomic E-state index is 6.91. The Morgan fingerprint density at radius 1 is 0.833 bits per heavy atom. The first-order chi connectivity index (χ1) is 16.4. The van der Waals surface area contributed by atoms with Crippen LogP contribution in [0.3, 0.4) is 0 Å². The van der Waals surface area contributed by atoms with Crippen LogP contribution in [0.1, 0.15) is 115 Å². The number of ether oxygens (including phenoxy) is 3. The molecular weight excluding hydrogens is 452 g/mol. The molecule has 2 N–H and O–H groups in total. The molecule has 0 saturated carbocycles. The van der Waals surface area contributed by atoms with Crippen LogP contribution in [0.15, 0.2) is 11.6 Å². The van der Waals surface area contributed by atoms with E-state index in [0.29, 0.717) is 25.0 Å². The number of hydrogen-bond donors (Lipinski definition) is 1. The van der Waals surface area contributed by atoms with E-state index in [1.807, 2.05) is 19.0 Å². The lowest BCUT2D eigenvalue weighted by Gasteiger charge is -2.42. The predicted octanol–water partition coefficient (Wildman–Crippen LogP) is 7.12. The number of nitrogens with zero attached hydrogens (tertiary/aromatic N) is 1. The molecule has 0 radical (unpaired) electrons. The van der Waals surface area contributed by atoms with Crippen LogP contribution in [0.2, 0.25) is 0 Å². The van der Waals surface area contributed by atoms with Gasteiger partial charge in [-0.05, 0) is 111 Å². The fraction of sp³-hybridized carbons (Fsp3) is 0.933. The molecule has 0 aromatic carbocycles. The molecule has 0 rings (SSSR count). The van der Waals surface area contributed by atoms with E-state index in [1.165, 1.54) is 5.57 Å². The van der Waals surface area contributed by atoms with E-state index in [2.05, 4.69) is 82.2 Å². The van der Waals surface area contributed by atoms with Crippen molar-refractivity contribution in [2.24, 2.45) is 17.6 Å². The lowest BCUT2D eigenvalue weighted by atomic mass is 9.83. The smallest absolute Gasteiger partial charge is 0.105 e. The predicted molar refractivity (Wildman–Crippen MR) is 153 cm³/mol. The van der Waals surface area contributed by atoms with Crippen molar-refractivity contribution in [1.29, 1.82) is 0 Å². The number of hydroxylamine groups is 2. The molecule has 36 heavy (non-hydrogen) atoms. The molecule has 3 unspecified atom stereocenters. The van der Waals surface area contributed by atoms with Crippen LogP contribution in [-0.2, 0) is 19.0 Å². The normalized spacial score (nSPS) is 17.8. The van der Waals surface area contributed by atoms with Gasteiger partial charge in [-0.1, -0.05) is 27.7 Å². The van der Waals surface area contributed by atoms with Crippen molar-refractivity contribution < 1.29 is 19.0 Å². The Bertz CT molecular complexity index is 618. The summed E-state index contributed by atoms with van der Waals surface area (Å²) >= 11 is 0. The molecule has 0 aliphatic rings. The first-order valence-corrected chi connectivity index (χ1v) is 14.2. The molecular formula is C30H62N2O4. The van der Waals surface area contributed by atoms with Gasteiger partial charge in [-0.3, -0.25) is 4.84 Å².